The van der Waals surface area contributed by atoms with E-state index in [9.17, 15) is 4.79 Å². The summed E-state index contributed by atoms with van der Waals surface area (Å²) in [5, 5.41) is 2.83. The van der Waals surface area contributed by atoms with Gasteiger partial charge in [-0.25, -0.2) is 0 Å². The van der Waals surface area contributed by atoms with Crippen molar-refractivity contribution in [3.8, 4) is 24.2 Å². The first-order valence-electron chi connectivity index (χ1n) is 5.97. The molecule has 0 aliphatic rings. The summed E-state index contributed by atoms with van der Waals surface area (Å²) in [7, 11) is 0. The fourth-order valence-corrected chi connectivity index (χ4v) is 1.45. The molecular formula is C15H17N3O. The zero-order valence-electron chi connectivity index (χ0n) is 11.0. The molecule has 4 heteroatoms. The molecule has 1 amide bonds. The summed E-state index contributed by atoms with van der Waals surface area (Å²) in [6.45, 7) is 3.39. The molecule has 0 spiro atoms. The summed E-state index contributed by atoms with van der Waals surface area (Å²) in [5.74, 6) is 8.14. The lowest BCUT2D eigenvalue weighted by atomic mass is 10.3. The molecule has 0 aliphatic heterocycles. The quantitative estimate of drug-likeness (QED) is 0.759. The molecule has 0 radical (unpaired) electrons. The van der Waals surface area contributed by atoms with Gasteiger partial charge in [-0.3, -0.25) is 14.7 Å². The van der Waals surface area contributed by atoms with Crippen molar-refractivity contribution in [2.75, 3.05) is 19.6 Å². The minimum atomic E-state index is -0.0722. The summed E-state index contributed by atoms with van der Waals surface area (Å²) >= 11 is 0. The number of terminal acetylenes is 1. The SMILES string of the molecule is C#CCN(CC#CC)CC(=O)NCc1cccnc1. The Bertz CT molecular complexity index is 494. The highest BCUT2D eigenvalue weighted by Gasteiger charge is 2.08. The molecule has 0 aliphatic carbocycles. The number of hydrogen-bond donors (Lipinski definition) is 1. The summed E-state index contributed by atoms with van der Waals surface area (Å²) in [6.07, 6.45) is 8.68. The van der Waals surface area contributed by atoms with Gasteiger partial charge in [0.2, 0.25) is 5.91 Å². The summed E-state index contributed by atoms with van der Waals surface area (Å²) in [6, 6.07) is 3.75. The Kier molecular flexibility index (Phi) is 6.79. The van der Waals surface area contributed by atoms with Crippen molar-refractivity contribution in [1.29, 1.82) is 0 Å². The predicted octanol–water partition coefficient (Wildman–Crippen LogP) is 0.656. The summed E-state index contributed by atoms with van der Waals surface area (Å²) in [5.41, 5.74) is 0.965. The Labute approximate surface area is 114 Å². The molecule has 1 heterocycles. The first-order chi connectivity index (χ1) is 9.26. The molecule has 0 unspecified atom stereocenters. The molecule has 0 saturated carbocycles. The average Bonchev–Trinajstić information content (AvgIpc) is 2.44. The second-order valence-electron chi connectivity index (χ2n) is 3.91. The van der Waals surface area contributed by atoms with Gasteiger partial charge in [0, 0.05) is 18.9 Å². The van der Waals surface area contributed by atoms with Gasteiger partial charge in [0.05, 0.1) is 19.6 Å². The van der Waals surface area contributed by atoms with Gasteiger partial charge in [0.1, 0.15) is 0 Å². The molecule has 0 bridgehead atoms. The van der Waals surface area contributed by atoms with Crippen LogP contribution in [0.1, 0.15) is 12.5 Å². The molecule has 4 nitrogen and oxygen atoms in total. The van der Waals surface area contributed by atoms with Crippen molar-refractivity contribution in [3.05, 3.63) is 30.1 Å². The summed E-state index contributed by atoms with van der Waals surface area (Å²) in [4.78, 5) is 17.6. The maximum absolute atomic E-state index is 11.8. The van der Waals surface area contributed by atoms with E-state index in [2.05, 4.69) is 28.1 Å². The second-order valence-corrected chi connectivity index (χ2v) is 3.91. The number of nitrogens with one attached hydrogen (secondary N) is 1. The summed E-state index contributed by atoms with van der Waals surface area (Å²) < 4.78 is 0. The van der Waals surface area contributed by atoms with E-state index in [0.717, 1.165) is 5.56 Å². The lowest BCUT2D eigenvalue weighted by molar-refractivity contribution is -0.122. The number of carbonyl (C=O) groups is 1. The lowest BCUT2D eigenvalue weighted by Crippen LogP contribution is -2.37. The van der Waals surface area contributed by atoms with Gasteiger partial charge in [0.25, 0.3) is 0 Å². The van der Waals surface area contributed by atoms with Gasteiger partial charge in [-0.2, -0.15) is 0 Å². The van der Waals surface area contributed by atoms with Gasteiger partial charge in [0.15, 0.2) is 0 Å². The third-order valence-corrected chi connectivity index (χ3v) is 2.37. The third-order valence-electron chi connectivity index (χ3n) is 2.37. The van der Waals surface area contributed by atoms with Crippen LogP contribution in [-0.4, -0.2) is 35.4 Å². The highest BCUT2D eigenvalue weighted by Crippen LogP contribution is 1.94. The number of pyridine rings is 1. The zero-order chi connectivity index (χ0) is 13.9. The molecule has 0 fully saturated rings. The van der Waals surface area contributed by atoms with Crippen molar-refractivity contribution < 1.29 is 4.79 Å². The number of carbonyl (C=O) groups excluding carboxylic acids is 1. The zero-order valence-corrected chi connectivity index (χ0v) is 11.0. The number of rotatable bonds is 6. The standard InChI is InChI=1S/C15H17N3O/c1-3-5-10-18(9-4-2)13-15(19)17-12-14-7-6-8-16-11-14/h2,6-8,11H,9-10,12-13H2,1H3,(H,17,19). The van der Waals surface area contributed by atoms with Crippen LogP contribution in [0, 0.1) is 24.2 Å². The van der Waals surface area contributed by atoms with E-state index in [0.29, 0.717) is 19.6 Å². The monoisotopic (exact) mass is 255 g/mol. The van der Waals surface area contributed by atoms with Crippen LogP contribution >= 0.6 is 0 Å². The minimum Gasteiger partial charge on any atom is -0.351 e. The normalized spacial score (nSPS) is 9.32. The van der Waals surface area contributed by atoms with Crippen LogP contribution in [0.3, 0.4) is 0 Å². The molecule has 0 atom stereocenters. The van der Waals surface area contributed by atoms with Crippen LogP contribution in [0.15, 0.2) is 24.5 Å². The largest absolute Gasteiger partial charge is 0.351 e. The van der Waals surface area contributed by atoms with Gasteiger partial charge in [-0.15, -0.1) is 12.3 Å². The van der Waals surface area contributed by atoms with Crippen LogP contribution < -0.4 is 5.32 Å². The number of nitrogens with zero attached hydrogens (tertiary/aromatic N) is 2. The third kappa shape index (κ3) is 6.26. The fourth-order valence-electron chi connectivity index (χ4n) is 1.45. The van der Waals surface area contributed by atoms with E-state index in [-0.39, 0.29) is 12.5 Å². The molecule has 1 aromatic heterocycles. The first kappa shape index (κ1) is 14.8. The number of hydrogen-bond acceptors (Lipinski definition) is 3. The van der Waals surface area contributed by atoms with Crippen LogP contribution in [0.25, 0.3) is 0 Å². The number of amides is 1. The van der Waals surface area contributed by atoms with Crippen molar-refractivity contribution in [2.24, 2.45) is 0 Å². The van der Waals surface area contributed by atoms with Crippen molar-refractivity contribution in [1.82, 2.24) is 15.2 Å². The van der Waals surface area contributed by atoms with Gasteiger partial charge >= 0.3 is 0 Å². The predicted molar refractivity (Wildman–Crippen MR) is 74.8 cm³/mol. The Morgan fingerprint density at radius 3 is 3.00 bits per heavy atom. The van der Waals surface area contributed by atoms with Gasteiger partial charge < -0.3 is 5.32 Å². The Hall–Kier alpha value is -2.30. The van der Waals surface area contributed by atoms with E-state index in [1.54, 1.807) is 19.3 Å². The molecule has 0 aromatic carbocycles. The molecular weight excluding hydrogens is 238 g/mol. The topological polar surface area (TPSA) is 45.2 Å². The van der Waals surface area contributed by atoms with Gasteiger partial charge in [-0.1, -0.05) is 17.9 Å². The van der Waals surface area contributed by atoms with Crippen LogP contribution in [0.5, 0.6) is 0 Å². The highest BCUT2D eigenvalue weighted by molar-refractivity contribution is 5.78. The number of aromatic nitrogens is 1. The molecule has 1 N–H and O–H groups in total. The Morgan fingerprint density at radius 2 is 2.37 bits per heavy atom. The molecule has 98 valence electrons. The van der Waals surface area contributed by atoms with E-state index in [1.165, 1.54) is 0 Å². The average molecular weight is 255 g/mol. The Balaban J connectivity index is 2.39. The highest BCUT2D eigenvalue weighted by atomic mass is 16.2. The van der Waals surface area contributed by atoms with Crippen LogP contribution in [-0.2, 0) is 11.3 Å². The van der Waals surface area contributed by atoms with E-state index >= 15 is 0 Å². The smallest absolute Gasteiger partial charge is 0.234 e. The van der Waals surface area contributed by atoms with Crippen LogP contribution in [0.4, 0.5) is 0 Å². The van der Waals surface area contributed by atoms with Crippen molar-refractivity contribution in [3.63, 3.8) is 0 Å². The molecule has 0 saturated heterocycles. The molecule has 1 aromatic rings. The van der Waals surface area contributed by atoms with E-state index < -0.39 is 0 Å². The molecule has 19 heavy (non-hydrogen) atoms. The Morgan fingerprint density at radius 1 is 1.53 bits per heavy atom. The van der Waals surface area contributed by atoms with E-state index in [1.807, 2.05) is 17.0 Å². The van der Waals surface area contributed by atoms with Crippen molar-refractivity contribution in [2.45, 2.75) is 13.5 Å². The molecule has 1 rings (SSSR count). The first-order valence-corrected chi connectivity index (χ1v) is 5.97. The van der Waals surface area contributed by atoms with E-state index in [4.69, 9.17) is 6.42 Å². The van der Waals surface area contributed by atoms with Crippen molar-refractivity contribution >= 4 is 5.91 Å². The lowest BCUT2D eigenvalue weighted by Gasteiger charge is -2.16. The maximum atomic E-state index is 11.8. The fraction of sp³-hybridized carbons (Fsp3) is 0.333. The second kappa shape index (κ2) is 8.74. The maximum Gasteiger partial charge on any atom is 0.234 e. The van der Waals surface area contributed by atoms with Crippen LogP contribution in [0.2, 0.25) is 0 Å². The minimum absolute atomic E-state index is 0.0722. The van der Waals surface area contributed by atoms with Gasteiger partial charge in [-0.05, 0) is 18.6 Å².